The van der Waals surface area contributed by atoms with Crippen LogP contribution in [-0.4, -0.2) is 17.8 Å². The van der Waals surface area contributed by atoms with Crippen LogP contribution in [-0.2, 0) is 0 Å². The molecular weight excluding hydrogens is 260 g/mol. The molecule has 0 heterocycles. The van der Waals surface area contributed by atoms with E-state index in [1.807, 2.05) is 0 Å². The van der Waals surface area contributed by atoms with Crippen LogP contribution in [0.5, 0.6) is 0 Å². The Bertz CT molecular complexity index is 493. The highest BCUT2D eigenvalue weighted by Crippen LogP contribution is 2.51. The van der Waals surface area contributed by atoms with Gasteiger partial charge in [0, 0.05) is 18.5 Å². The Balaban J connectivity index is 1.82. The molecule has 0 spiro atoms. The van der Waals surface area contributed by atoms with Crippen LogP contribution in [0, 0.1) is 29.4 Å². The third-order valence-corrected chi connectivity index (χ3v) is 5.26. The highest BCUT2D eigenvalue weighted by atomic mass is 19.1. The van der Waals surface area contributed by atoms with Crippen LogP contribution in [0.2, 0.25) is 0 Å². The summed E-state index contributed by atoms with van der Waals surface area (Å²) in [6.07, 6.45) is 3.99. The van der Waals surface area contributed by atoms with Crippen molar-refractivity contribution in [3.8, 4) is 0 Å². The number of benzene rings is 1. The van der Waals surface area contributed by atoms with E-state index in [0.29, 0.717) is 11.5 Å². The molecule has 2 fully saturated rings. The molecule has 0 aliphatic heterocycles. The van der Waals surface area contributed by atoms with E-state index >= 15 is 0 Å². The van der Waals surface area contributed by atoms with Gasteiger partial charge in [-0.25, -0.2) is 8.78 Å². The highest BCUT2D eigenvalue weighted by molar-refractivity contribution is 5.24. The van der Waals surface area contributed by atoms with Gasteiger partial charge in [0.05, 0.1) is 6.10 Å². The molecule has 0 aromatic heterocycles. The minimum absolute atomic E-state index is 0.178. The van der Waals surface area contributed by atoms with Gasteiger partial charge < -0.3 is 10.8 Å². The van der Waals surface area contributed by atoms with Crippen LogP contribution in [0.25, 0.3) is 0 Å². The monoisotopic (exact) mass is 281 g/mol. The first-order valence-electron chi connectivity index (χ1n) is 7.43. The third-order valence-electron chi connectivity index (χ3n) is 5.26. The zero-order valence-electron chi connectivity index (χ0n) is 11.4. The fourth-order valence-corrected chi connectivity index (χ4v) is 4.26. The fraction of sp³-hybridized carbons (Fsp3) is 0.625. The second-order valence-electron chi connectivity index (χ2n) is 6.34. The Labute approximate surface area is 118 Å². The smallest absolute Gasteiger partial charge is 0.129 e. The second-order valence-corrected chi connectivity index (χ2v) is 6.34. The zero-order chi connectivity index (χ0) is 14.3. The molecule has 2 saturated carbocycles. The first-order valence-corrected chi connectivity index (χ1v) is 7.43. The molecule has 20 heavy (non-hydrogen) atoms. The number of hydrogen-bond acceptors (Lipinski definition) is 2. The van der Waals surface area contributed by atoms with Crippen molar-refractivity contribution >= 4 is 0 Å². The van der Waals surface area contributed by atoms with Crippen LogP contribution in [0.15, 0.2) is 18.2 Å². The Morgan fingerprint density at radius 3 is 2.60 bits per heavy atom. The molecule has 110 valence electrons. The molecule has 5 unspecified atom stereocenters. The van der Waals surface area contributed by atoms with Crippen LogP contribution in [0.1, 0.15) is 37.2 Å². The summed E-state index contributed by atoms with van der Waals surface area (Å²) in [5.41, 5.74) is 6.10. The van der Waals surface area contributed by atoms with Gasteiger partial charge in [0.25, 0.3) is 0 Å². The number of rotatable bonds is 4. The highest BCUT2D eigenvalue weighted by Gasteiger charge is 2.44. The van der Waals surface area contributed by atoms with Gasteiger partial charge in [0.1, 0.15) is 11.6 Å². The molecule has 2 nitrogen and oxygen atoms in total. The minimum Gasteiger partial charge on any atom is -0.392 e. The summed E-state index contributed by atoms with van der Waals surface area (Å²) in [6.45, 7) is 0.178. The molecule has 5 atom stereocenters. The lowest BCUT2D eigenvalue weighted by molar-refractivity contribution is 0.0522. The molecule has 3 rings (SSSR count). The number of aliphatic hydroxyl groups excluding tert-OH is 1. The van der Waals surface area contributed by atoms with Crippen molar-refractivity contribution in [2.75, 3.05) is 6.54 Å². The molecular formula is C16H21F2NO. The molecule has 1 aromatic carbocycles. The summed E-state index contributed by atoms with van der Waals surface area (Å²) in [5, 5.41) is 10.6. The summed E-state index contributed by atoms with van der Waals surface area (Å²) >= 11 is 0. The molecule has 2 bridgehead atoms. The van der Waals surface area contributed by atoms with Gasteiger partial charge in [0.2, 0.25) is 0 Å². The maximum absolute atomic E-state index is 13.9. The zero-order valence-corrected chi connectivity index (χ0v) is 11.4. The maximum Gasteiger partial charge on any atom is 0.129 e. The summed E-state index contributed by atoms with van der Waals surface area (Å²) < 4.78 is 26.9. The van der Waals surface area contributed by atoms with Gasteiger partial charge in [0.15, 0.2) is 0 Å². The van der Waals surface area contributed by atoms with Crippen molar-refractivity contribution in [1.82, 2.24) is 0 Å². The van der Waals surface area contributed by atoms with Gasteiger partial charge in [-0.2, -0.15) is 0 Å². The largest absolute Gasteiger partial charge is 0.392 e. The number of hydrogen-bond donors (Lipinski definition) is 2. The first-order chi connectivity index (χ1) is 9.60. The molecule has 0 saturated heterocycles. The molecule has 0 radical (unpaired) electrons. The molecule has 2 aliphatic carbocycles. The lowest BCUT2D eigenvalue weighted by atomic mass is 9.77. The Kier molecular flexibility index (Phi) is 3.78. The van der Waals surface area contributed by atoms with E-state index in [1.54, 1.807) is 0 Å². The van der Waals surface area contributed by atoms with Gasteiger partial charge in [-0.05, 0) is 48.6 Å². The van der Waals surface area contributed by atoms with Crippen LogP contribution in [0.4, 0.5) is 8.78 Å². The van der Waals surface area contributed by atoms with Crippen LogP contribution < -0.4 is 5.73 Å². The van der Waals surface area contributed by atoms with Gasteiger partial charge in [-0.3, -0.25) is 0 Å². The summed E-state index contributed by atoms with van der Waals surface area (Å²) in [6, 6.07) is 3.51. The van der Waals surface area contributed by atoms with Crippen molar-refractivity contribution in [1.29, 1.82) is 0 Å². The lowest BCUT2D eigenvalue weighted by Gasteiger charge is -2.32. The fourth-order valence-electron chi connectivity index (χ4n) is 4.26. The van der Waals surface area contributed by atoms with Crippen molar-refractivity contribution < 1.29 is 13.9 Å². The van der Waals surface area contributed by atoms with Gasteiger partial charge >= 0.3 is 0 Å². The van der Waals surface area contributed by atoms with Crippen molar-refractivity contribution in [2.45, 2.75) is 37.7 Å². The second kappa shape index (κ2) is 5.41. The van der Waals surface area contributed by atoms with Crippen molar-refractivity contribution in [3.63, 3.8) is 0 Å². The number of fused-ring (bicyclic) bond motifs is 2. The van der Waals surface area contributed by atoms with Gasteiger partial charge in [-0.15, -0.1) is 0 Å². The standard InChI is InChI=1S/C16H21F2NO/c17-11-3-4-12(15(18)7-11)14(8-19)16(20)13-6-9-1-2-10(13)5-9/h3-4,7,9-10,13-14,16,20H,1-2,5-6,8,19H2. The van der Waals surface area contributed by atoms with Crippen molar-refractivity contribution in [2.24, 2.45) is 23.5 Å². The predicted molar refractivity (Wildman–Crippen MR) is 73.1 cm³/mol. The van der Waals surface area contributed by atoms with E-state index in [9.17, 15) is 13.9 Å². The maximum atomic E-state index is 13.9. The normalized spacial score (nSPS) is 31.5. The minimum atomic E-state index is -0.629. The number of nitrogens with two attached hydrogens (primary N) is 1. The van der Waals surface area contributed by atoms with E-state index in [1.165, 1.54) is 25.0 Å². The molecule has 1 aromatic rings. The van der Waals surface area contributed by atoms with E-state index in [4.69, 9.17) is 5.73 Å². The van der Waals surface area contributed by atoms with E-state index in [-0.39, 0.29) is 12.5 Å². The van der Waals surface area contributed by atoms with Crippen LogP contribution in [0.3, 0.4) is 0 Å². The average Bonchev–Trinajstić information content (AvgIpc) is 3.04. The summed E-state index contributed by atoms with van der Waals surface area (Å²) in [4.78, 5) is 0. The van der Waals surface area contributed by atoms with Gasteiger partial charge in [-0.1, -0.05) is 12.5 Å². The quantitative estimate of drug-likeness (QED) is 0.891. The van der Waals surface area contributed by atoms with Crippen LogP contribution >= 0.6 is 0 Å². The number of aliphatic hydroxyl groups is 1. The topological polar surface area (TPSA) is 46.2 Å². The predicted octanol–water partition coefficient (Wildman–Crippen LogP) is 2.80. The lowest BCUT2D eigenvalue weighted by Crippen LogP contribution is -2.35. The third kappa shape index (κ3) is 2.35. The SMILES string of the molecule is NCC(c1ccc(F)cc1F)C(O)C1CC2CCC1C2. The Morgan fingerprint density at radius 1 is 1.25 bits per heavy atom. The molecule has 0 amide bonds. The first kappa shape index (κ1) is 14.0. The Morgan fingerprint density at radius 2 is 2.05 bits per heavy atom. The molecule has 4 heteroatoms. The Hall–Kier alpha value is -1.00. The summed E-state index contributed by atoms with van der Waals surface area (Å²) in [7, 11) is 0. The molecule has 2 aliphatic rings. The average molecular weight is 281 g/mol. The summed E-state index contributed by atoms with van der Waals surface area (Å²) in [5.74, 6) is -0.172. The van der Waals surface area contributed by atoms with E-state index in [2.05, 4.69) is 0 Å². The molecule has 3 N–H and O–H groups in total. The van der Waals surface area contributed by atoms with E-state index < -0.39 is 23.7 Å². The van der Waals surface area contributed by atoms with Crippen molar-refractivity contribution in [3.05, 3.63) is 35.4 Å². The van der Waals surface area contributed by atoms with E-state index in [0.717, 1.165) is 24.8 Å². The number of halogens is 2.